The van der Waals surface area contributed by atoms with Gasteiger partial charge in [-0.25, -0.2) is 0 Å². The van der Waals surface area contributed by atoms with Gasteiger partial charge in [-0.15, -0.1) is 0 Å². The van der Waals surface area contributed by atoms with Crippen molar-refractivity contribution in [3.05, 3.63) is 34.9 Å². The molecule has 35 heavy (non-hydrogen) atoms. The maximum atomic E-state index is 13.6. The van der Waals surface area contributed by atoms with E-state index >= 15 is 0 Å². The van der Waals surface area contributed by atoms with Crippen LogP contribution in [0.5, 0.6) is 0 Å². The summed E-state index contributed by atoms with van der Waals surface area (Å²) in [6.07, 6.45) is -6.84. The molecule has 2 saturated heterocycles. The Morgan fingerprint density at radius 2 is 1.57 bits per heavy atom. The molecule has 4 nitrogen and oxygen atoms in total. The van der Waals surface area contributed by atoms with Crippen LogP contribution in [0.25, 0.3) is 0 Å². The topological polar surface area (TPSA) is 50.4 Å². The molecule has 1 aromatic carbocycles. The predicted octanol–water partition coefficient (Wildman–Crippen LogP) is 5.59. The second kappa shape index (κ2) is 11.1. The van der Waals surface area contributed by atoms with Crippen LogP contribution in [0.4, 0.5) is 26.3 Å². The molecule has 0 saturated carbocycles. The fraction of sp³-hybridized carbons (Fsp3) is 0.720. The van der Waals surface area contributed by atoms with Crippen molar-refractivity contribution in [2.75, 3.05) is 26.3 Å². The minimum absolute atomic E-state index is 0.0906. The van der Waals surface area contributed by atoms with E-state index in [2.05, 4.69) is 10.6 Å². The van der Waals surface area contributed by atoms with Crippen molar-refractivity contribution >= 4 is 5.91 Å². The van der Waals surface area contributed by atoms with Crippen LogP contribution in [0.1, 0.15) is 62.6 Å². The molecule has 2 aliphatic rings. The molecule has 2 N–H and O–H groups in total. The molecule has 0 bridgehead atoms. The van der Waals surface area contributed by atoms with E-state index in [0.29, 0.717) is 58.4 Å². The Bertz CT molecular complexity index is 824. The Morgan fingerprint density at radius 1 is 1.03 bits per heavy atom. The third-order valence-corrected chi connectivity index (χ3v) is 7.10. The molecule has 3 rings (SSSR count). The summed E-state index contributed by atoms with van der Waals surface area (Å²) < 4.78 is 85.8. The molecular weight excluding hydrogens is 474 g/mol. The van der Waals surface area contributed by atoms with Gasteiger partial charge in [0.15, 0.2) is 0 Å². The van der Waals surface area contributed by atoms with Crippen molar-refractivity contribution in [2.24, 2.45) is 17.3 Å². The molecule has 0 aromatic heterocycles. The van der Waals surface area contributed by atoms with E-state index in [1.807, 2.05) is 13.8 Å². The predicted molar refractivity (Wildman–Crippen MR) is 120 cm³/mol. The van der Waals surface area contributed by atoms with Crippen molar-refractivity contribution in [1.82, 2.24) is 10.6 Å². The second-order valence-corrected chi connectivity index (χ2v) is 10.3. The van der Waals surface area contributed by atoms with E-state index in [9.17, 15) is 31.1 Å². The van der Waals surface area contributed by atoms with Crippen LogP contribution in [-0.4, -0.2) is 38.3 Å². The van der Waals surface area contributed by atoms with Gasteiger partial charge in [0, 0.05) is 19.3 Å². The van der Waals surface area contributed by atoms with Gasteiger partial charge in [-0.2, -0.15) is 26.3 Å². The SMILES string of the molecule is CC(C)CC1(C(=O)NC(Cc2cc(C(F)(F)F)cc(C(F)(F)F)c2)C2CCOCC2)CCNCC1. The number of piperidine rings is 1. The zero-order chi connectivity index (χ0) is 25.9. The Morgan fingerprint density at radius 3 is 2.06 bits per heavy atom. The maximum Gasteiger partial charge on any atom is 0.416 e. The molecule has 2 fully saturated rings. The van der Waals surface area contributed by atoms with E-state index in [1.54, 1.807) is 0 Å². The van der Waals surface area contributed by atoms with Gasteiger partial charge in [0.25, 0.3) is 0 Å². The largest absolute Gasteiger partial charge is 0.416 e. The first kappa shape index (κ1) is 27.8. The van der Waals surface area contributed by atoms with E-state index in [4.69, 9.17) is 4.74 Å². The molecule has 1 atom stereocenters. The van der Waals surface area contributed by atoms with Crippen molar-refractivity contribution in [3.8, 4) is 0 Å². The summed E-state index contributed by atoms with van der Waals surface area (Å²) in [5.41, 5.74) is -3.37. The highest BCUT2D eigenvalue weighted by Crippen LogP contribution is 2.39. The van der Waals surface area contributed by atoms with Gasteiger partial charge in [0.05, 0.1) is 16.5 Å². The molecule has 10 heteroatoms. The third kappa shape index (κ3) is 7.35. The lowest BCUT2D eigenvalue weighted by Crippen LogP contribution is -2.53. The lowest BCUT2D eigenvalue weighted by atomic mass is 9.72. The molecule has 1 aromatic rings. The molecule has 1 amide bonds. The summed E-state index contributed by atoms with van der Waals surface area (Å²) >= 11 is 0. The van der Waals surface area contributed by atoms with Gasteiger partial charge < -0.3 is 15.4 Å². The Kier molecular flexibility index (Phi) is 8.78. The molecule has 2 heterocycles. The summed E-state index contributed by atoms with van der Waals surface area (Å²) in [4.78, 5) is 13.6. The molecule has 198 valence electrons. The fourth-order valence-corrected chi connectivity index (χ4v) is 5.38. The quantitative estimate of drug-likeness (QED) is 0.472. The standard InChI is InChI=1S/C25H34F6N2O2/c1-16(2)15-23(5-7-32-8-6-23)22(34)33-21(18-3-9-35-10-4-18)13-17-11-19(24(26,27)28)14-20(12-17)25(29,30)31/h11-12,14,16,18,21,32H,3-10,13,15H2,1-2H3,(H,33,34). The second-order valence-electron chi connectivity index (χ2n) is 10.3. The van der Waals surface area contributed by atoms with Crippen LogP contribution in [0.15, 0.2) is 18.2 Å². The Balaban J connectivity index is 1.92. The number of alkyl halides is 6. The van der Waals surface area contributed by atoms with Crippen LogP contribution in [0.3, 0.4) is 0 Å². The van der Waals surface area contributed by atoms with Gasteiger partial charge in [0.2, 0.25) is 5.91 Å². The minimum atomic E-state index is -4.91. The monoisotopic (exact) mass is 508 g/mol. The fourth-order valence-electron chi connectivity index (χ4n) is 5.38. The highest BCUT2D eigenvalue weighted by atomic mass is 19.4. The number of ether oxygens (including phenoxy) is 1. The first-order valence-electron chi connectivity index (χ1n) is 12.2. The highest BCUT2D eigenvalue weighted by molar-refractivity contribution is 5.83. The molecular formula is C25H34F6N2O2. The normalized spacial score (nSPS) is 20.6. The van der Waals surface area contributed by atoms with Gasteiger partial charge in [-0.05, 0) is 87.2 Å². The van der Waals surface area contributed by atoms with Gasteiger partial charge in [-0.1, -0.05) is 13.8 Å². The first-order chi connectivity index (χ1) is 16.3. The number of hydrogen-bond acceptors (Lipinski definition) is 3. The first-order valence-corrected chi connectivity index (χ1v) is 12.2. The summed E-state index contributed by atoms with van der Waals surface area (Å²) in [5, 5.41) is 6.34. The van der Waals surface area contributed by atoms with Crippen LogP contribution < -0.4 is 10.6 Å². The van der Waals surface area contributed by atoms with Crippen LogP contribution >= 0.6 is 0 Å². The average Bonchev–Trinajstić information content (AvgIpc) is 2.78. The van der Waals surface area contributed by atoms with Crippen LogP contribution in [0.2, 0.25) is 0 Å². The summed E-state index contributed by atoms with van der Waals surface area (Å²) in [7, 11) is 0. The van der Waals surface area contributed by atoms with Crippen molar-refractivity contribution < 1.29 is 35.9 Å². The Labute approximate surface area is 202 Å². The van der Waals surface area contributed by atoms with Crippen molar-refractivity contribution in [3.63, 3.8) is 0 Å². The lowest BCUT2D eigenvalue weighted by molar-refractivity contribution is -0.143. The summed E-state index contributed by atoms with van der Waals surface area (Å²) in [6, 6.07) is 1.08. The van der Waals surface area contributed by atoms with Gasteiger partial charge in [-0.3, -0.25) is 4.79 Å². The lowest BCUT2D eigenvalue weighted by Gasteiger charge is -2.40. The number of carbonyl (C=O) groups is 1. The minimum Gasteiger partial charge on any atom is -0.381 e. The number of amides is 1. The number of rotatable bonds is 7. The number of halogens is 6. The van der Waals surface area contributed by atoms with E-state index in [1.165, 1.54) is 0 Å². The zero-order valence-electron chi connectivity index (χ0n) is 20.1. The number of benzene rings is 1. The van der Waals surface area contributed by atoms with E-state index in [-0.39, 0.29) is 35.8 Å². The molecule has 0 spiro atoms. The maximum absolute atomic E-state index is 13.6. The smallest absolute Gasteiger partial charge is 0.381 e. The highest BCUT2D eigenvalue weighted by Gasteiger charge is 2.42. The summed E-state index contributed by atoms with van der Waals surface area (Å²) in [6.45, 7) is 6.32. The average molecular weight is 509 g/mol. The zero-order valence-corrected chi connectivity index (χ0v) is 20.1. The van der Waals surface area contributed by atoms with Crippen molar-refractivity contribution in [1.29, 1.82) is 0 Å². The number of nitrogens with one attached hydrogen (secondary N) is 2. The molecule has 1 unspecified atom stereocenters. The third-order valence-electron chi connectivity index (χ3n) is 7.10. The van der Waals surface area contributed by atoms with E-state index in [0.717, 1.165) is 12.1 Å². The van der Waals surface area contributed by atoms with Crippen molar-refractivity contribution in [2.45, 2.75) is 70.8 Å². The van der Waals surface area contributed by atoms with Crippen LogP contribution in [-0.2, 0) is 28.3 Å². The molecule has 0 radical (unpaired) electrons. The van der Waals surface area contributed by atoms with Gasteiger partial charge >= 0.3 is 12.4 Å². The molecule has 0 aliphatic carbocycles. The Hall–Kier alpha value is -1.81. The molecule has 2 aliphatic heterocycles. The summed E-state index contributed by atoms with van der Waals surface area (Å²) in [5.74, 6) is -0.000186. The van der Waals surface area contributed by atoms with Crippen LogP contribution in [0, 0.1) is 17.3 Å². The van der Waals surface area contributed by atoms with Gasteiger partial charge in [0.1, 0.15) is 0 Å². The number of hydrogen-bond donors (Lipinski definition) is 2. The van der Waals surface area contributed by atoms with E-state index < -0.39 is 34.9 Å². The number of carbonyl (C=O) groups excluding carboxylic acids is 1.